The predicted octanol–water partition coefficient (Wildman–Crippen LogP) is 2.18. The summed E-state index contributed by atoms with van der Waals surface area (Å²) >= 11 is 0. The number of esters is 1. The molecule has 0 aromatic rings. The van der Waals surface area contributed by atoms with E-state index in [-0.39, 0.29) is 5.97 Å². The highest BCUT2D eigenvalue weighted by molar-refractivity contribution is 5.80. The fraction of sp³-hybridized carbons (Fsp3) is 0.933. The molecule has 0 atom stereocenters. The molecule has 4 nitrogen and oxygen atoms in total. The molecule has 0 unspecified atom stereocenters. The highest BCUT2D eigenvalue weighted by Gasteiger charge is 2.38. The van der Waals surface area contributed by atoms with Gasteiger partial charge in [-0.25, -0.2) is 0 Å². The van der Waals surface area contributed by atoms with Gasteiger partial charge >= 0.3 is 5.97 Å². The zero-order valence-electron chi connectivity index (χ0n) is 12.8. The summed E-state index contributed by atoms with van der Waals surface area (Å²) in [4.78, 5) is 14.5. The van der Waals surface area contributed by atoms with Crippen LogP contribution in [0.3, 0.4) is 0 Å². The number of rotatable bonds is 6. The number of likely N-dealkylation sites (N-methyl/N-ethyl adjacent to an activating group) is 1. The summed E-state index contributed by atoms with van der Waals surface area (Å²) in [5.74, 6) is -0.0457. The normalized spacial score (nSPS) is 19.8. The molecule has 0 amide bonds. The van der Waals surface area contributed by atoms with Crippen molar-refractivity contribution in [2.75, 3.05) is 33.8 Å². The molecule has 1 fully saturated rings. The summed E-state index contributed by atoms with van der Waals surface area (Å²) in [6.45, 7) is 4.14. The molecule has 0 bridgehead atoms. The summed E-state index contributed by atoms with van der Waals surface area (Å²) in [7, 11) is 4.10. The average Bonchev–Trinajstić information content (AvgIpc) is 2.32. The van der Waals surface area contributed by atoms with Crippen LogP contribution in [0.2, 0.25) is 0 Å². The molecule has 1 N–H and O–H groups in total. The first kappa shape index (κ1) is 16.4. The van der Waals surface area contributed by atoms with Crippen LogP contribution in [-0.4, -0.2) is 50.2 Å². The van der Waals surface area contributed by atoms with E-state index in [4.69, 9.17) is 4.74 Å². The highest BCUT2D eigenvalue weighted by atomic mass is 16.5. The van der Waals surface area contributed by atoms with Crippen LogP contribution >= 0.6 is 0 Å². The molecule has 0 aliphatic heterocycles. The van der Waals surface area contributed by atoms with Gasteiger partial charge in [0.05, 0.1) is 6.61 Å². The minimum absolute atomic E-state index is 0.0457. The van der Waals surface area contributed by atoms with Gasteiger partial charge in [-0.2, -0.15) is 0 Å². The maximum Gasteiger partial charge on any atom is 0.326 e. The Bertz CT molecular complexity index is 259. The standard InChI is InChI=1S/C15H30N2O2/c1-4-19-14(18)15(16-12-13-17(2)3)10-8-6-5-7-9-11-15/h16H,4-13H2,1-3H3. The lowest BCUT2D eigenvalue weighted by molar-refractivity contribution is -0.152. The first-order valence-electron chi connectivity index (χ1n) is 7.68. The fourth-order valence-corrected chi connectivity index (χ4v) is 2.75. The van der Waals surface area contributed by atoms with E-state index < -0.39 is 5.54 Å². The lowest BCUT2D eigenvalue weighted by Gasteiger charge is -2.34. The van der Waals surface area contributed by atoms with Crippen molar-refractivity contribution in [3.8, 4) is 0 Å². The van der Waals surface area contributed by atoms with Gasteiger partial charge in [0.2, 0.25) is 0 Å². The van der Waals surface area contributed by atoms with Gasteiger partial charge in [0, 0.05) is 13.1 Å². The molecule has 1 rings (SSSR count). The van der Waals surface area contributed by atoms with Gasteiger partial charge < -0.3 is 15.0 Å². The summed E-state index contributed by atoms with van der Waals surface area (Å²) in [5.41, 5.74) is -0.438. The van der Waals surface area contributed by atoms with Crippen LogP contribution in [-0.2, 0) is 9.53 Å². The smallest absolute Gasteiger partial charge is 0.326 e. The molecule has 1 saturated carbocycles. The van der Waals surface area contributed by atoms with E-state index in [1.165, 1.54) is 19.3 Å². The van der Waals surface area contributed by atoms with Crippen LogP contribution in [0.1, 0.15) is 51.9 Å². The van der Waals surface area contributed by atoms with Gasteiger partial charge in [-0.3, -0.25) is 4.79 Å². The largest absolute Gasteiger partial charge is 0.465 e. The summed E-state index contributed by atoms with van der Waals surface area (Å²) in [6.07, 6.45) is 7.84. The first-order valence-corrected chi connectivity index (χ1v) is 7.68. The number of nitrogens with zero attached hydrogens (tertiary/aromatic N) is 1. The molecule has 1 aliphatic rings. The van der Waals surface area contributed by atoms with Gasteiger partial charge in [-0.1, -0.05) is 32.1 Å². The van der Waals surface area contributed by atoms with E-state index in [1.807, 2.05) is 6.92 Å². The van der Waals surface area contributed by atoms with Gasteiger partial charge in [0.25, 0.3) is 0 Å². The van der Waals surface area contributed by atoms with Crippen molar-refractivity contribution < 1.29 is 9.53 Å². The zero-order chi connectivity index (χ0) is 14.1. The maximum atomic E-state index is 12.4. The second kappa shape index (κ2) is 8.54. The van der Waals surface area contributed by atoms with Crippen LogP contribution in [0.5, 0.6) is 0 Å². The van der Waals surface area contributed by atoms with E-state index >= 15 is 0 Å². The number of carbonyl (C=O) groups excluding carboxylic acids is 1. The molecular formula is C15H30N2O2. The third kappa shape index (κ3) is 5.49. The third-order valence-corrected chi connectivity index (χ3v) is 3.90. The molecule has 0 radical (unpaired) electrons. The molecule has 0 aromatic heterocycles. The second-order valence-electron chi connectivity index (χ2n) is 5.80. The summed E-state index contributed by atoms with van der Waals surface area (Å²) in [5, 5.41) is 3.50. The van der Waals surface area contributed by atoms with Crippen LogP contribution < -0.4 is 5.32 Å². The van der Waals surface area contributed by atoms with Crippen molar-refractivity contribution in [3.63, 3.8) is 0 Å². The minimum atomic E-state index is -0.438. The Balaban J connectivity index is 2.65. The SMILES string of the molecule is CCOC(=O)C1(NCCN(C)C)CCCCCCC1. The number of hydrogen-bond donors (Lipinski definition) is 1. The van der Waals surface area contributed by atoms with Crippen LogP contribution in [0, 0.1) is 0 Å². The molecule has 0 spiro atoms. The number of nitrogens with one attached hydrogen (secondary N) is 1. The fourth-order valence-electron chi connectivity index (χ4n) is 2.75. The van der Waals surface area contributed by atoms with E-state index in [0.29, 0.717) is 6.61 Å². The Kier molecular flexibility index (Phi) is 7.39. The number of ether oxygens (including phenoxy) is 1. The van der Waals surface area contributed by atoms with Crippen molar-refractivity contribution in [2.45, 2.75) is 57.4 Å². The number of hydrogen-bond acceptors (Lipinski definition) is 4. The van der Waals surface area contributed by atoms with E-state index in [1.54, 1.807) is 0 Å². The Morgan fingerprint density at radius 1 is 1.16 bits per heavy atom. The molecule has 0 heterocycles. The minimum Gasteiger partial charge on any atom is -0.465 e. The van der Waals surface area contributed by atoms with Crippen LogP contribution in [0.25, 0.3) is 0 Å². The average molecular weight is 270 g/mol. The molecular weight excluding hydrogens is 240 g/mol. The lowest BCUT2D eigenvalue weighted by Crippen LogP contribution is -2.54. The van der Waals surface area contributed by atoms with E-state index in [2.05, 4.69) is 24.3 Å². The van der Waals surface area contributed by atoms with E-state index in [0.717, 1.165) is 38.8 Å². The molecule has 112 valence electrons. The molecule has 4 heteroatoms. The van der Waals surface area contributed by atoms with E-state index in [9.17, 15) is 4.79 Å². The Morgan fingerprint density at radius 2 is 1.74 bits per heavy atom. The third-order valence-electron chi connectivity index (χ3n) is 3.90. The Labute approximate surface area is 117 Å². The molecule has 1 aliphatic carbocycles. The van der Waals surface area contributed by atoms with Gasteiger partial charge in [0.1, 0.15) is 5.54 Å². The van der Waals surface area contributed by atoms with Crippen LogP contribution in [0.15, 0.2) is 0 Å². The second-order valence-corrected chi connectivity index (χ2v) is 5.80. The highest BCUT2D eigenvalue weighted by Crippen LogP contribution is 2.27. The Morgan fingerprint density at radius 3 is 2.26 bits per heavy atom. The monoisotopic (exact) mass is 270 g/mol. The maximum absolute atomic E-state index is 12.4. The molecule has 0 saturated heterocycles. The van der Waals surface area contributed by atoms with Crippen molar-refractivity contribution >= 4 is 5.97 Å². The lowest BCUT2D eigenvalue weighted by atomic mass is 9.83. The molecule has 0 aromatic carbocycles. The van der Waals surface area contributed by atoms with Gasteiger partial charge in [0.15, 0.2) is 0 Å². The summed E-state index contributed by atoms with van der Waals surface area (Å²) in [6, 6.07) is 0. The molecule has 19 heavy (non-hydrogen) atoms. The van der Waals surface area contributed by atoms with Crippen molar-refractivity contribution in [1.82, 2.24) is 10.2 Å². The van der Waals surface area contributed by atoms with Gasteiger partial charge in [-0.05, 0) is 33.9 Å². The van der Waals surface area contributed by atoms with Gasteiger partial charge in [-0.15, -0.1) is 0 Å². The topological polar surface area (TPSA) is 41.6 Å². The van der Waals surface area contributed by atoms with Crippen molar-refractivity contribution in [2.24, 2.45) is 0 Å². The predicted molar refractivity (Wildman–Crippen MR) is 78.2 cm³/mol. The zero-order valence-corrected chi connectivity index (χ0v) is 12.8. The summed E-state index contributed by atoms with van der Waals surface area (Å²) < 4.78 is 5.32. The van der Waals surface area contributed by atoms with Crippen molar-refractivity contribution in [3.05, 3.63) is 0 Å². The Hall–Kier alpha value is -0.610. The first-order chi connectivity index (χ1) is 9.10. The quantitative estimate of drug-likeness (QED) is 0.751. The number of carbonyl (C=O) groups is 1. The van der Waals surface area contributed by atoms with Crippen molar-refractivity contribution in [1.29, 1.82) is 0 Å². The van der Waals surface area contributed by atoms with Crippen LogP contribution in [0.4, 0.5) is 0 Å².